The van der Waals surface area contributed by atoms with Crippen LogP contribution < -0.4 is 0 Å². The predicted octanol–water partition coefficient (Wildman–Crippen LogP) is 1.92. The number of hydrogen-bond acceptors (Lipinski definition) is 3. The summed E-state index contributed by atoms with van der Waals surface area (Å²) in [5.41, 5.74) is -3.75. The highest BCUT2D eigenvalue weighted by molar-refractivity contribution is 6.30. The van der Waals surface area contributed by atoms with Crippen molar-refractivity contribution in [3.63, 3.8) is 0 Å². The summed E-state index contributed by atoms with van der Waals surface area (Å²) in [6.45, 7) is 0. The molecule has 1 saturated carbocycles. The Kier molecular flexibility index (Phi) is 3.36. The van der Waals surface area contributed by atoms with Crippen LogP contribution in [0.4, 0.5) is 0 Å². The van der Waals surface area contributed by atoms with Crippen molar-refractivity contribution in [1.82, 2.24) is 0 Å². The number of carbonyl (C=O) groups is 1. The topological polar surface area (TPSA) is 77.8 Å². The third kappa shape index (κ3) is 1.90. The summed E-state index contributed by atoms with van der Waals surface area (Å²) in [6.07, 6.45) is 1.97. The zero-order chi connectivity index (χ0) is 13.4. The molecule has 1 unspecified atom stereocenters. The SMILES string of the molecule is O=C(O)C(O)(c1ccc(Cl)cc1)C1(O)CCCC1. The first-order valence-corrected chi connectivity index (χ1v) is 6.22. The molecule has 0 saturated heterocycles. The maximum absolute atomic E-state index is 11.5. The summed E-state index contributed by atoms with van der Waals surface area (Å²) in [7, 11) is 0. The number of benzene rings is 1. The number of aliphatic carboxylic acids is 1. The summed E-state index contributed by atoms with van der Waals surface area (Å²) in [6, 6.07) is 5.88. The molecule has 1 fully saturated rings. The molecule has 0 aliphatic heterocycles. The average molecular weight is 271 g/mol. The Bertz CT molecular complexity index is 451. The van der Waals surface area contributed by atoms with Gasteiger partial charge in [-0.3, -0.25) is 0 Å². The fraction of sp³-hybridized carbons (Fsp3) is 0.462. The largest absolute Gasteiger partial charge is 0.479 e. The highest BCUT2D eigenvalue weighted by Crippen LogP contribution is 2.44. The Labute approximate surface area is 110 Å². The van der Waals surface area contributed by atoms with Crippen LogP contribution in [-0.4, -0.2) is 26.9 Å². The van der Waals surface area contributed by atoms with Gasteiger partial charge in [0.15, 0.2) is 0 Å². The molecule has 1 atom stereocenters. The molecule has 0 spiro atoms. The molecule has 0 radical (unpaired) electrons. The van der Waals surface area contributed by atoms with E-state index in [9.17, 15) is 20.1 Å². The Balaban J connectivity index is 2.50. The van der Waals surface area contributed by atoms with Gasteiger partial charge in [-0.15, -0.1) is 0 Å². The van der Waals surface area contributed by atoms with Crippen LogP contribution in [0.5, 0.6) is 0 Å². The standard InChI is InChI=1S/C13H15ClO4/c14-10-5-3-9(4-6-10)13(18,11(15)16)12(17)7-1-2-8-12/h3-6,17-18H,1-2,7-8H2,(H,15,16). The van der Waals surface area contributed by atoms with Crippen molar-refractivity contribution in [2.24, 2.45) is 0 Å². The molecule has 4 nitrogen and oxygen atoms in total. The van der Waals surface area contributed by atoms with Crippen molar-refractivity contribution in [3.8, 4) is 0 Å². The Morgan fingerprint density at radius 2 is 1.72 bits per heavy atom. The number of halogens is 1. The van der Waals surface area contributed by atoms with Crippen LogP contribution in [0, 0.1) is 0 Å². The quantitative estimate of drug-likeness (QED) is 0.784. The lowest BCUT2D eigenvalue weighted by atomic mass is 9.76. The van der Waals surface area contributed by atoms with Gasteiger partial charge in [0.05, 0.1) is 0 Å². The summed E-state index contributed by atoms with van der Waals surface area (Å²) in [4.78, 5) is 11.5. The number of carboxylic acids is 1. The molecule has 98 valence electrons. The van der Waals surface area contributed by atoms with Crippen LogP contribution in [0.2, 0.25) is 5.02 Å². The fourth-order valence-corrected chi connectivity index (χ4v) is 2.73. The second-order valence-corrected chi connectivity index (χ2v) is 5.20. The van der Waals surface area contributed by atoms with E-state index in [1.807, 2.05) is 0 Å². The lowest BCUT2D eigenvalue weighted by Gasteiger charge is -2.38. The van der Waals surface area contributed by atoms with Crippen molar-refractivity contribution >= 4 is 17.6 Å². The van der Waals surface area contributed by atoms with E-state index in [4.69, 9.17) is 11.6 Å². The molecule has 1 aromatic rings. The molecule has 5 heteroatoms. The molecule has 0 heterocycles. The van der Waals surface area contributed by atoms with Crippen LogP contribution >= 0.6 is 11.6 Å². The fourth-order valence-electron chi connectivity index (χ4n) is 2.60. The Hall–Kier alpha value is -1.10. The van der Waals surface area contributed by atoms with Crippen LogP contribution in [-0.2, 0) is 10.4 Å². The first kappa shape index (κ1) is 13.3. The minimum Gasteiger partial charge on any atom is -0.479 e. The van der Waals surface area contributed by atoms with E-state index in [0.29, 0.717) is 17.9 Å². The first-order chi connectivity index (χ1) is 8.40. The number of hydrogen-bond donors (Lipinski definition) is 3. The third-order valence-corrected chi connectivity index (χ3v) is 3.93. The second kappa shape index (κ2) is 4.53. The number of carboxylic acid groups (broad SMARTS) is 1. The summed E-state index contributed by atoms with van der Waals surface area (Å²) >= 11 is 5.74. The van der Waals surface area contributed by atoms with Gasteiger partial charge < -0.3 is 15.3 Å². The maximum atomic E-state index is 11.5. The van der Waals surface area contributed by atoms with E-state index in [1.54, 1.807) is 0 Å². The lowest BCUT2D eigenvalue weighted by molar-refractivity contribution is -0.195. The molecule has 0 amide bonds. The van der Waals surface area contributed by atoms with Crippen LogP contribution in [0.15, 0.2) is 24.3 Å². The van der Waals surface area contributed by atoms with E-state index >= 15 is 0 Å². The second-order valence-electron chi connectivity index (χ2n) is 4.76. The maximum Gasteiger partial charge on any atom is 0.343 e. The van der Waals surface area contributed by atoms with E-state index in [2.05, 4.69) is 0 Å². The zero-order valence-electron chi connectivity index (χ0n) is 9.77. The molecule has 18 heavy (non-hydrogen) atoms. The molecule has 1 aliphatic rings. The van der Waals surface area contributed by atoms with Gasteiger partial charge >= 0.3 is 5.97 Å². The smallest absolute Gasteiger partial charge is 0.343 e. The highest BCUT2D eigenvalue weighted by atomic mass is 35.5. The summed E-state index contributed by atoms with van der Waals surface area (Å²) in [5, 5.41) is 30.7. The summed E-state index contributed by atoms with van der Waals surface area (Å²) < 4.78 is 0. The van der Waals surface area contributed by atoms with Gasteiger partial charge in [0.25, 0.3) is 0 Å². The summed E-state index contributed by atoms with van der Waals surface area (Å²) in [5.74, 6) is -1.44. The van der Waals surface area contributed by atoms with Crippen molar-refractivity contribution in [2.75, 3.05) is 0 Å². The van der Waals surface area contributed by atoms with Crippen LogP contribution in [0.25, 0.3) is 0 Å². The van der Waals surface area contributed by atoms with Crippen molar-refractivity contribution in [3.05, 3.63) is 34.9 Å². The van der Waals surface area contributed by atoms with Gasteiger partial charge in [0.2, 0.25) is 5.60 Å². The Morgan fingerprint density at radius 3 is 2.17 bits per heavy atom. The highest BCUT2D eigenvalue weighted by Gasteiger charge is 2.57. The minimum absolute atomic E-state index is 0.156. The Morgan fingerprint density at radius 1 is 1.22 bits per heavy atom. The minimum atomic E-state index is -2.28. The average Bonchev–Trinajstić information content (AvgIpc) is 2.77. The molecule has 1 aliphatic carbocycles. The lowest BCUT2D eigenvalue weighted by Crippen LogP contribution is -2.55. The normalized spacial score (nSPS) is 21.5. The van der Waals surface area contributed by atoms with Crippen LogP contribution in [0.1, 0.15) is 31.2 Å². The molecule has 3 N–H and O–H groups in total. The van der Waals surface area contributed by atoms with Gasteiger partial charge in [-0.1, -0.05) is 36.6 Å². The molecule has 2 rings (SSSR count). The number of aliphatic hydroxyl groups is 2. The van der Waals surface area contributed by atoms with Crippen molar-refractivity contribution in [2.45, 2.75) is 36.9 Å². The molecule has 1 aromatic carbocycles. The van der Waals surface area contributed by atoms with Gasteiger partial charge in [0.1, 0.15) is 5.60 Å². The third-order valence-electron chi connectivity index (χ3n) is 3.68. The van der Waals surface area contributed by atoms with E-state index < -0.39 is 17.2 Å². The van der Waals surface area contributed by atoms with Crippen molar-refractivity contribution < 1.29 is 20.1 Å². The number of rotatable bonds is 3. The molecule has 0 aromatic heterocycles. The van der Waals surface area contributed by atoms with Crippen LogP contribution in [0.3, 0.4) is 0 Å². The van der Waals surface area contributed by atoms with Gasteiger partial charge in [-0.25, -0.2) is 4.79 Å². The molecule has 0 bridgehead atoms. The van der Waals surface area contributed by atoms with Crippen molar-refractivity contribution in [1.29, 1.82) is 0 Å². The first-order valence-electron chi connectivity index (χ1n) is 5.84. The monoisotopic (exact) mass is 270 g/mol. The van der Waals surface area contributed by atoms with Gasteiger partial charge in [-0.2, -0.15) is 0 Å². The zero-order valence-corrected chi connectivity index (χ0v) is 10.5. The molecular formula is C13H15ClO4. The van der Waals surface area contributed by atoms with Gasteiger partial charge in [0, 0.05) is 5.02 Å². The van der Waals surface area contributed by atoms with E-state index in [0.717, 1.165) is 0 Å². The van der Waals surface area contributed by atoms with E-state index in [-0.39, 0.29) is 18.4 Å². The van der Waals surface area contributed by atoms with Gasteiger partial charge in [-0.05, 0) is 30.5 Å². The molecular weight excluding hydrogens is 256 g/mol. The predicted molar refractivity (Wildman–Crippen MR) is 66.4 cm³/mol. The van der Waals surface area contributed by atoms with E-state index in [1.165, 1.54) is 24.3 Å².